The van der Waals surface area contributed by atoms with Crippen LogP contribution in [0.25, 0.3) is 0 Å². The average Bonchev–Trinajstić information content (AvgIpc) is 3.10. The lowest BCUT2D eigenvalue weighted by Gasteiger charge is -2.16. The van der Waals surface area contributed by atoms with Crippen molar-refractivity contribution in [1.82, 2.24) is 9.88 Å². The fraction of sp³-hybridized carbons (Fsp3) is 0.238. The number of halogens is 1. The van der Waals surface area contributed by atoms with E-state index >= 15 is 0 Å². The molecule has 0 fully saturated rings. The summed E-state index contributed by atoms with van der Waals surface area (Å²) in [5, 5.41) is 4.25. The largest absolute Gasteiger partial charge is 0.301 e. The number of hydrogen-bond acceptors (Lipinski definition) is 5. The first kappa shape index (κ1) is 20.9. The van der Waals surface area contributed by atoms with Crippen molar-refractivity contribution in [2.45, 2.75) is 17.9 Å². The lowest BCUT2D eigenvalue weighted by atomic mass is 10.1. The maximum atomic E-state index is 12.3. The Labute approximate surface area is 178 Å². The number of amides is 1. The summed E-state index contributed by atoms with van der Waals surface area (Å²) in [4.78, 5) is 20.9. The normalized spacial score (nSPS) is 11.0. The minimum absolute atomic E-state index is 0.0677. The van der Waals surface area contributed by atoms with E-state index in [4.69, 9.17) is 11.6 Å². The molecule has 3 rings (SSSR count). The van der Waals surface area contributed by atoms with E-state index in [1.54, 1.807) is 18.0 Å². The summed E-state index contributed by atoms with van der Waals surface area (Å²) < 4.78 is 0. The van der Waals surface area contributed by atoms with Crippen molar-refractivity contribution in [3.05, 3.63) is 75.8 Å². The van der Waals surface area contributed by atoms with Crippen LogP contribution in [0.5, 0.6) is 0 Å². The number of anilines is 1. The molecule has 0 radical (unpaired) electrons. The van der Waals surface area contributed by atoms with Gasteiger partial charge in [0.2, 0.25) is 5.91 Å². The van der Waals surface area contributed by atoms with E-state index in [2.05, 4.69) is 40.8 Å². The summed E-state index contributed by atoms with van der Waals surface area (Å²) >= 11 is 9.41. The van der Waals surface area contributed by atoms with Gasteiger partial charge in [0.05, 0.1) is 6.54 Å². The van der Waals surface area contributed by atoms with Gasteiger partial charge in [0.1, 0.15) is 0 Å². The monoisotopic (exact) mass is 431 g/mol. The van der Waals surface area contributed by atoms with Crippen molar-refractivity contribution in [2.24, 2.45) is 0 Å². The van der Waals surface area contributed by atoms with Gasteiger partial charge in [-0.3, -0.25) is 9.69 Å². The third-order valence-electron chi connectivity index (χ3n) is 4.15. The number of nitrogens with zero attached hydrogens (tertiary/aromatic N) is 2. The van der Waals surface area contributed by atoms with Gasteiger partial charge >= 0.3 is 0 Å². The van der Waals surface area contributed by atoms with Crippen molar-refractivity contribution in [2.75, 3.05) is 25.2 Å². The summed E-state index contributed by atoms with van der Waals surface area (Å²) in [6.07, 6.45) is 4.56. The van der Waals surface area contributed by atoms with Crippen molar-refractivity contribution >= 4 is 45.7 Å². The number of carbonyl (C=O) groups is 1. The van der Waals surface area contributed by atoms with Crippen LogP contribution < -0.4 is 5.32 Å². The molecule has 0 atom stereocenters. The standard InChI is InChI=1S/C21H22ClN3OS2/c1-25(13-15-7-9-17(27-2)10-8-15)14-20(26)24-21-23-12-18(28-21)11-16-5-3-4-6-19(16)22/h3-10,12H,11,13-14H2,1-2H3,(H,23,24,26). The number of aromatic nitrogens is 1. The zero-order valence-electron chi connectivity index (χ0n) is 15.8. The Morgan fingerprint density at radius 3 is 2.68 bits per heavy atom. The van der Waals surface area contributed by atoms with Gasteiger partial charge in [-0.05, 0) is 42.6 Å². The molecule has 0 aliphatic heterocycles. The molecular formula is C21H22ClN3OS2. The molecule has 3 aromatic rings. The van der Waals surface area contributed by atoms with E-state index in [0.717, 1.165) is 22.0 Å². The number of thiazole rings is 1. The lowest BCUT2D eigenvalue weighted by Crippen LogP contribution is -2.29. The van der Waals surface area contributed by atoms with Gasteiger partial charge in [0.25, 0.3) is 0 Å². The maximum absolute atomic E-state index is 12.3. The van der Waals surface area contributed by atoms with E-state index < -0.39 is 0 Å². The van der Waals surface area contributed by atoms with Crippen LogP contribution in [0.2, 0.25) is 5.02 Å². The first-order chi connectivity index (χ1) is 13.5. The van der Waals surface area contributed by atoms with Crippen LogP contribution in [0.15, 0.2) is 59.6 Å². The molecule has 146 valence electrons. The highest BCUT2D eigenvalue weighted by atomic mass is 35.5. The Kier molecular flexibility index (Phi) is 7.50. The Morgan fingerprint density at radius 1 is 1.21 bits per heavy atom. The molecular weight excluding hydrogens is 410 g/mol. The number of carbonyl (C=O) groups excluding carboxylic acids is 1. The van der Waals surface area contributed by atoms with E-state index in [-0.39, 0.29) is 5.91 Å². The molecule has 0 saturated heterocycles. The second-order valence-corrected chi connectivity index (χ2v) is 8.87. The van der Waals surface area contributed by atoms with Gasteiger partial charge in [-0.1, -0.05) is 41.9 Å². The molecule has 7 heteroatoms. The second-order valence-electron chi connectivity index (χ2n) is 6.47. The van der Waals surface area contributed by atoms with Crippen LogP contribution >= 0.6 is 34.7 Å². The predicted octanol–water partition coefficient (Wildman–Crippen LogP) is 5.18. The number of hydrogen-bond donors (Lipinski definition) is 1. The van der Waals surface area contributed by atoms with Gasteiger partial charge in [0, 0.05) is 34.0 Å². The number of likely N-dealkylation sites (N-methyl/N-ethyl adjacent to an activating group) is 1. The van der Waals surface area contributed by atoms with E-state index in [9.17, 15) is 4.79 Å². The Bertz CT molecular complexity index is 927. The number of rotatable bonds is 8. The Hall–Kier alpha value is -1.86. The molecule has 1 aromatic heterocycles. The molecule has 1 amide bonds. The number of nitrogens with one attached hydrogen (secondary N) is 1. The maximum Gasteiger partial charge on any atom is 0.240 e. The average molecular weight is 432 g/mol. The summed E-state index contributed by atoms with van der Waals surface area (Å²) in [7, 11) is 1.94. The minimum atomic E-state index is -0.0677. The molecule has 0 unspecified atom stereocenters. The van der Waals surface area contributed by atoms with Gasteiger partial charge < -0.3 is 5.32 Å². The highest BCUT2D eigenvalue weighted by Gasteiger charge is 2.11. The van der Waals surface area contributed by atoms with Gasteiger partial charge in [-0.15, -0.1) is 23.1 Å². The molecule has 0 aliphatic carbocycles. The van der Waals surface area contributed by atoms with Crippen LogP contribution in [0.3, 0.4) is 0 Å². The molecule has 0 aliphatic rings. The molecule has 0 bridgehead atoms. The van der Waals surface area contributed by atoms with E-state index in [0.29, 0.717) is 18.1 Å². The fourth-order valence-corrected chi connectivity index (χ4v) is 4.24. The molecule has 0 saturated carbocycles. The first-order valence-electron chi connectivity index (χ1n) is 8.83. The Morgan fingerprint density at radius 2 is 1.96 bits per heavy atom. The van der Waals surface area contributed by atoms with E-state index in [1.807, 2.05) is 36.2 Å². The first-order valence-corrected chi connectivity index (χ1v) is 11.2. The van der Waals surface area contributed by atoms with E-state index in [1.165, 1.54) is 21.8 Å². The summed E-state index contributed by atoms with van der Waals surface area (Å²) in [6.45, 7) is 1.03. The third kappa shape index (κ3) is 6.07. The summed E-state index contributed by atoms with van der Waals surface area (Å²) in [5.41, 5.74) is 2.24. The Balaban J connectivity index is 1.50. The number of benzene rings is 2. The number of thioether (sulfide) groups is 1. The smallest absolute Gasteiger partial charge is 0.240 e. The third-order valence-corrected chi connectivity index (χ3v) is 6.17. The fourth-order valence-electron chi connectivity index (χ4n) is 2.78. The van der Waals surface area contributed by atoms with Gasteiger partial charge in [0.15, 0.2) is 5.13 Å². The van der Waals surface area contributed by atoms with Gasteiger partial charge in [-0.25, -0.2) is 4.98 Å². The van der Waals surface area contributed by atoms with Crippen LogP contribution in [0.4, 0.5) is 5.13 Å². The van der Waals surface area contributed by atoms with Crippen molar-refractivity contribution in [1.29, 1.82) is 0 Å². The SMILES string of the molecule is CSc1ccc(CN(C)CC(=O)Nc2ncc(Cc3ccccc3Cl)s2)cc1. The van der Waals surface area contributed by atoms with Crippen molar-refractivity contribution in [3.63, 3.8) is 0 Å². The molecule has 4 nitrogen and oxygen atoms in total. The molecule has 2 aromatic carbocycles. The predicted molar refractivity (Wildman–Crippen MR) is 120 cm³/mol. The highest BCUT2D eigenvalue weighted by molar-refractivity contribution is 7.98. The van der Waals surface area contributed by atoms with Crippen LogP contribution in [-0.2, 0) is 17.8 Å². The van der Waals surface area contributed by atoms with Gasteiger partial charge in [-0.2, -0.15) is 0 Å². The second kappa shape index (κ2) is 10.1. The molecule has 1 N–H and O–H groups in total. The minimum Gasteiger partial charge on any atom is -0.301 e. The lowest BCUT2D eigenvalue weighted by molar-refractivity contribution is -0.117. The topological polar surface area (TPSA) is 45.2 Å². The van der Waals surface area contributed by atoms with Crippen LogP contribution in [-0.4, -0.2) is 35.6 Å². The van der Waals surface area contributed by atoms with Crippen molar-refractivity contribution < 1.29 is 4.79 Å². The zero-order valence-corrected chi connectivity index (χ0v) is 18.2. The quantitative estimate of drug-likeness (QED) is 0.499. The molecule has 0 spiro atoms. The molecule has 28 heavy (non-hydrogen) atoms. The highest BCUT2D eigenvalue weighted by Crippen LogP contribution is 2.24. The van der Waals surface area contributed by atoms with Crippen LogP contribution in [0, 0.1) is 0 Å². The zero-order chi connectivity index (χ0) is 19.9. The van der Waals surface area contributed by atoms with Crippen molar-refractivity contribution in [3.8, 4) is 0 Å². The van der Waals surface area contributed by atoms with Crippen LogP contribution in [0.1, 0.15) is 16.0 Å². The summed E-state index contributed by atoms with van der Waals surface area (Å²) in [5.74, 6) is -0.0677. The summed E-state index contributed by atoms with van der Waals surface area (Å²) in [6, 6.07) is 16.2. The molecule has 1 heterocycles.